The fourth-order valence-electron chi connectivity index (χ4n) is 3.19. The van der Waals surface area contributed by atoms with E-state index >= 15 is 0 Å². The molecule has 1 saturated heterocycles. The number of halogens is 1. The van der Waals surface area contributed by atoms with Crippen LogP contribution in [0, 0.1) is 6.92 Å². The number of hydrogen-bond acceptors (Lipinski definition) is 3. The minimum absolute atomic E-state index is 0.0258. The number of piperazine rings is 1. The molecule has 0 radical (unpaired) electrons. The van der Waals surface area contributed by atoms with Crippen LogP contribution in [0.25, 0.3) is 6.08 Å². The number of amides is 1. The molecule has 1 aliphatic rings. The minimum Gasteiger partial charge on any atom is -0.325 e. The highest BCUT2D eigenvalue weighted by molar-refractivity contribution is 6.30. The number of aryl methyl sites for hydroxylation is 1. The minimum atomic E-state index is 0.0258. The predicted octanol–water partition coefficient (Wildman–Crippen LogP) is 3.92. The lowest BCUT2D eigenvalue weighted by atomic mass is 10.2. The number of carbonyl (C=O) groups is 1. The first-order chi connectivity index (χ1) is 13.1. The van der Waals surface area contributed by atoms with E-state index in [1.165, 1.54) is 5.56 Å². The third-order valence-corrected chi connectivity index (χ3v) is 5.00. The van der Waals surface area contributed by atoms with Gasteiger partial charge in [-0.3, -0.25) is 14.6 Å². The van der Waals surface area contributed by atoms with Crippen LogP contribution in [0.4, 0.5) is 5.69 Å². The molecule has 0 aromatic heterocycles. The van der Waals surface area contributed by atoms with Crippen molar-refractivity contribution in [2.45, 2.75) is 6.92 Å². The molecule has 4 nitrogen and oxygen atoms in total. The van der Waals surface area contributed by atoms with E-state index in [2.05, 4.69) is 51.5 Å². The van der Waals surface area contributed by atoms with Gasteiger partial charge in [0.1, 0.15) is 0 Å². The molecule has 3 rings (SSSR count). The second-order valence-corrected chi connectivity index (χ2v) is 7.33. The normalized spacial score (nSPS) is 15.9. The van der Waals surface area contributed by atoms with Gasteiger partial charge in [0.25, 0.3) is 0 Å². The molecule has 142 valence electrons. The zero-order valence-corrected chi connectivity index (χ0v) is 16.5. The summed E-state index contributed by atoms with van der Waals surface area (Å²) in [6.45, 7) is 7.09. The summed E-state index contributed by atoms with van der Waals surface area (Å²) in [6, 6.07) is 15.9. The molecule has 1 heterocycles. The van der Waals surface area contributed by atoms with Crippen molar-refractivity contribution in [3.8, 4) is 0 Å². The molecule has 27 heavy (non-hydrogen) atoms. The molecule has 0 bridgehead atoms. The molecule has 0 saturated carbocycles. The van der Waals surface area contributed by atoms with Gasteiger partial charge in [0.2, 0.25) is 5.91 Å². The maximum Gasteiger partial charge on any atom is 0.238 e. The van der Waals surface area contributed by atoms with Crippen LogP contribution in [0.2, 0.25) is 5.02 Å². The lowest BCUT2D eigenvalue weighted by molar-refractivity contribution is -0.117. The second kappa shape index (κ2) is 9.70. The molecule has 1 N–H and O–H groups in total. The summed E-state index contributed by atoms with van der Waals surface area (Å²) < 4.78 is 0. The molecule has 0 aliphatic carbocycles. The standard InChI is InChI=1S/C22H26ClN3O/c1-18-16-20(23)9-10-21(18)24-22(27)17-26-14-12-25(13-15-26)11-5-8-19-6-3-2-4-7-19/h2-10,16H,11-15,17H2,1H3,(H,24,27)/b8-5+. The van der Waals surface area contributed by atoms with Crippen molar-refractivity contribution in [1.82, 2.24) is 9.80 Å². The van der Waals surface area contributed by atoms with Gasteiger partial charge in [0.05, 0.1) is 6.54 Å². The van der Waals surface area contributed by atoms with Crippen LogP contribution < -0.4 is 5.32 Å². The van der Waals surface area contributed by atoms with Gasteiger partial charge in [-0.2, -0.15) is 0 Å². The Morgan fingerprint density at radius 2 is 1.78 bits per heavy atom. The number of hydrogen-bond donors (Lipinski definition) is 1. The Bertz CT molecular complexity index is 783. The first kappa shape index (κ1) is 19.6. The Morgan fingerprint density at radius 3 is 2.48 bits per heavy atom. The molecule has 1 aliphatic heterocycles. The van der Waals surface area contributed by atoms with E-state index in [9.17, 15) is 4.79 Å². The van der Waals surface area contributed by atoms with Gasteiger partial charge in [-0.1, -0.05) is 54.1 Å². The monoisotopic (exact) mass is 383 g/mol. The quantitative estimate of drug-likeness (QED) is 0.821. The fraction of sp³-hybridized carbons (Fsp3) is 0.318. The van der Waals surface area contributed by atoms with E-state index in [0.717, 1.165) is 44.0 Å². The van der Waals surface area contributed by atoms with Crippen LogP contribution in [0.15, 0.2) is 54.6 Å². The van der Waals surface area contributed by atoms with Crippen molar-refractivity contribution >= 4 is 29.3 Å². The van der Waals surface area contributed by atoms with Crippen LogP contribution in [-0.2, 0) is 4.79 Å². The van der Waals surface area contributed by atoms with E-state index < -0.39 is 0 Å². The molecular formula is C22H26ClN3O. The van der Waals surface area contributed by atoms with Crippen molar-refractivity contribution in [3.63, 3.8) is 0 Å². The van der Waals surface area contributed by atoms with E-state index in [0.29, 0.717) is 11.6 Å². The number of rotatable bonds is 6. The third kappa shape index (κ3) is 6.21. The molecular weight excluding hydrogens is 358 g/mol. The average Bonchev–Trinajstić information content (AvgIpc) is 2.66. The van der Waals surface area contributed by atoms with Crippen molar-refractivity contribution in [2.75, 3.05) is 44.6 Å². The van der Waals surface area contributed by atoms with Crippen molar-refractivity contribution in [1.29, 1.82) is 0 Å². The summed E-state index contributed by atoms with van der Waals surface area (Å²) in [6.07, 6.45) is 4.37. The number of nitrogens with zero attached hydrogens (tertiary/aromatic N) is 2. The number of nitrogens with one attached hydrogen (secondary N) is 1. The van der Waals surface area contributed by atoms with E-state index in [4.69, 9.17) is 11.6 Å². The summed E-state index contributed by atoms with van der Waals surface area (Å²) >= 11 is 5.96. The average molecular weight is 384 g/mol. The highest BCUT2D eigenvalue weighted by Gasteiger charge is 2.18. The molecule has 0 spiro atoms. The van der Waals surface area contributed by atoms with Crippen LogP contribution in [0.1, 0.15) is 11.1 Å². The molecule has 0 unspecified atom stereocenters. The van der Waals surface area contributed by atoms with Gasteiger partial charge in [-0.05, 0) is 36.2 Å². The van der Waals surface area contributed by atoms with Gasteiger partial charge in [0.15, 0.2) is 0 Å². The fourth-order valence-corrected chi connectivity index (χ4v) is 3.42. The Labute approximate surface area is 166 Å². The highest BCUT2D eigenvalue weighted by atomic mass is 35.5. The van der Waals surface area contributed by atoms with Gasteiger partial charge in [-0.15, -0.1) is 0 Å². The molecule has 1 fully saturated rings. The SMILES string of the molecule is Cc1cc(Cl)ccc1NC(=O)CN1CCN(C/C=C/c2ccccc2)CC1. The second-order valence-electron chi connectivity index (χ2n) is 6.90. The lowest BCUT2D eigenvalue weighted by Gasteiger charge is -2.33. The van der Waals surface area contributed by atoms with E-state index in [1.54, 1.807) is 6.07 Å². The summed E-state index contributed by atoms with van der Waals surface area (Å²) in [7, 11) is 0. The zero-order valence-electron chi connectivity index (χ0n) is 15.7. The first-order valence-electron chi connectivity index (χ1n) is 9.32. The smallest absolute Gasteiger partial charge is 0.238 e. The van der Waals surface area contributed by atoms with Gasteiger partial charge < -0.3 is 5.32 Å². The van der Waals surface area contributed by atoms with Crippen LogP contribution in [0.3, 0.4) is 0 Å². The van der Waals surface area contributed by atoms with Gasteiger partial charge >= 0.3 is 0 Å². The zero-order chi connectivity index (χ0) is 19.1. The Hall–Kier alpha value is -2.14. The van der Waals surface area contributed by atoms with Crippen molar-refractivity contribution in [2.24, 2.45) is 0 Å². The molecule has 2 aromatic carbocycles. The summed E-state index contributed by atoms with van der Waals surface area (Å²) in [4.78, 5) is 16.9. The largest absolute Gasteiger partial charge is 0.325 e. The molecule has 5 heteroatoms. The Balaban J connectivity index is 1.40. The summed E-state index contributed by atoms with van der Waals surface area (Å²) in [5, 5.41) is 3.67. The van der Waals surface area contributed by atoms with Crippen LogP contribution in [0.5, 0.6) is 0 Å². The van der Waals surface area contributed by atoms with E-state index in [-0.39, 0.29) is 5.91 Å². The topological polar surface area (TPSA) is 35.6 Å². The van der Waals surface area contributed by atoms with Crippen LogP contribution >= 0.6 is 11.6 Å². The van der Waals surface area contributed by atoms with Crippen molar-refractivity contribution < 1.29 is 4.79 Å². The van der Waals surface area contributed by atoms with E-state index in [1.807, 2.05) is 25.1 Å². The van der Waals surface area contributed by atoms with Crippen molar-refractivity contribution in [3.05, 3.63) is 70.8 Å². The summed E-state index contributed by atoms with van der Waals surface area (Å²) in [5.41, 5.74) is 3.03. The predicted molar refractivity (Wildman–Crippen MR) is 113 cm³/mol. The van der Waals surface area contributed by atoms with Gasteiger partial charge in [0, 0.05) is 43.4 Å². The lowest BCUT2D eigenvalue weighted by Crippen LogP contribution is -2.48. The number of anilines is 1. The molecule has 2 aromatic rings. The number of carbonyl (C=O) groups excluding carboxylic acids is 1. The molecule has 0 atom stereocenters. The Kier molecular flexibility index (Phi) is 7.04. The highest BCUT2D eigenvalue weighted by Crippen LogP contribution is 2.19. The number of benzene rings is 2. The van der Waals surface area contributed by atoms with Crippen LogP contribution in [-0.4, -0.2) is 55.0 Å². The molecule has 1 amide bonds. The third-order valence-electron chi connectivity index (χ3n) is 4.77. The van der Waals surface area contributed by atoms with Gasteiger partial charge in [-0.25, -0.2) is 0 Å². The maximum atomic E-state index is 12.3. The Morgan fingerprint density at radius 1 is 1.07 bits per heavy atom. The first-order valence-corrected chi connectivity index (χ1v) is 9.70. The maximum absolute atomic E-state index is 12.3. The summed E-state index contributed by atoms with van der Waals surface area (Å²) in [5.74, 6) is 0.0258.